The van der Waals surface area contributed by atoms with Crippen molar-refractivity contribution < 1.29 is 55.4 Å². The fraction of sp³-hybridized carbons (Fsp3) is 0.532. The Kier molecular flexibility index (Phi) is 9.78. The summed E-state index contributed by atoms with van der Waals surface area (Å²) in [6, 6.07) is 33.1. The average molecular weight is 858 g/mol. The Hall–Kier alpha value is -2.91. The van der Waals surface area contributed by atoms with E-state index in [1.165, 1.54) is 15.9 Å². The molecular weight excluding hydrogens is 803 g/mol. The van der Waals surface area contributed by atoms with Gasteiger partial charge in [-0.25, -0.2) is 4.79 Å². The van der Waals surface area contributed by atoms with E-state index in [4.69, 9.17) is 23.7 Å². The molecule has 4 heterocycles. The zero-order valence-corrected chi connectivity index (χ0v) is 35.6. The second kappa shape index (κ2) is 14.1. The molecule has 8 nitrogen and oxygen atoms in total. The number of epoxide rings is 3. The van der Waals surface area contributed by atoms with Crippen LogP contribution in [0.5, 0.6) is 0 Å². The smallest absolute Gasteiger partial charge is 0.334 e. The summed E-state index contributed by atoms with van der Waals surface area (Å²) in [4.78, 5) is 26.0. The van der Waals surface area contributed by atoms with Gasteiger partial charge in [0, 0.05) is 17.4 Å². The molecule has 0 aromatic heterocycles. The van der Waals surface area contributed by atoms with Gasteiger partial charge >= 0.3 is 11.9 Å². The fourth-order valence-electron chi connectivity index (χ4n) is 12.6. The molecule has 302 valence electrons. The first kappa shape index (κ1) is 39.5. The van der Waals surface area contributed by atoms with Gasteiger partial charge in [-0.1, -0.05) is 88.2 Å². The Morgan fingerprint density at radius 3 is 2.04 bits per heavy atom. The number of halogens is 1. The molecule has 1 N–H and O–H groups in total. The molecule has 57 heavy (non-hydrogen) atoms. The zero-order chi connectivity index (χ0) is 38.6. The fourth-order valence-corrected chi connectivity index (χ4v) is 17.0. The Bertz CT molecular complexity index is 1970. The van der Waals surface area contributed by atoms with Crippen LogP contribution in [0.1, 0.15) is 78.6 Å². The van der Waals surface area contributed by atoms with Gasteiger partial charge in [-0.05, 0) is 92.3 Å². The second-order valence-electron chi connectivity index (χ2n) is 18.0. The van der Waals surface area contributed by atoms with Crippen LogP contribution in [-0.4, -0.2) is 77.1 Å². The maximum Gasteiger partial charge on any atom is 0.334 e. The zero-order valence-electron chi connectivity index (χ0n) is 33.2. The van der Waals surface area contributed by atoms with Crippen LogP contribution in [0.15, 0.2) is 102 Å². The topological polar surface area (TPSA) is 110 Å². The lowest BCUT2D eigenvalue weighted by Gasteiger charge is -2.56. The summed E-state index contributed by atoms with van der Waals surface area (Å²) in [7, 11) is -1.85. The predicted molar refractivity (Wildman–Crippen MR) is 215 cm³/mol. The number of rotatable bonds is 14. The van der Waals surface area contributed by atoms with Crippen LogP contribution in [0.3, 0.4) is 0 Å². The summed E-state index contributed by atoms with van der Waals surface area (Å²) < 4.78 is 31.6. The van der Waals surface area contributed by atoms with Gasteiger partial charge < -0.3 is 45.8 Å². The number of hydrogen-bond donors (Lipinski definition) is 1. The first-order chi connectivity index (χ1) is 27.1. The normalized spacial score (nSPS) is 36.3. The number of unbranched alkanes of at least 4 members (excludes halogenated alkanes) is 4. The number of benzene rings is 3. The van der Waals surface area contributed by atoms with Gasteiger partial charge in [0.15, 0.2) is 11.2 Å². The average Bonchev–Trinajstić information content (AvgIpc) is 4.15. The molecular formula is C47H54BrO8P. The highest BCUT2D eigenvalue weighted by Gasteiger charge is 3.04. The third-order valence-corrected chi connectivity index (χ3v) is 19.8. The molecule has 4 aliphatic heterocycles. The number of hydrogen-bond acceptors (Lipinski definition) is 8. The number of carbonyl (C=O) groups excluding carboxylic acids is 2. The van der Waals surface area contributed by atoms with Crippen LogP contribution >= 0.6 is 7.26 Å². The van der Waals surface area contributed by atoms with Crippen molar-refractivity contribution in [3.05, 3.63) is 102 Å². The monoisotopic (exact) mass is 856 g/mol. The molecule has 7 aliphatic rings. The van der Waals surface area contributed by atoms with Gasteiger partial charge in [-0.15, -0.1) is 0 Å². The van der Waals surface area contributed by atoms with Crippen LogP contribution in [0.4, 0.5) is 0 Å². The quantitative estimate of drug-likeness (QED) is 0.114. The van der Waals surface area contributed by atoms with Crippen molar-refractivity contribution >= 4 is 35.1 Å². The highest BCUT2D eigenvalue weighted by molar-refractivity contribution is 7.95. The highest BCUT2D eigenvalue weighted by atomic mass is 79.9. The number of fused-ring (bicyclic) bond motifs is 4. The standard InChI is InChI=1S/C47H54O8P.BrH/c1-31(2)45-40(54-45)41-47(55-41)43(3)26-25-35-36(29-51-42(35)49)37(43)28-38-46(47,53-38)44(45,50)30-52-39(48)24-16-5-4-6-17-27-56(32-18-10-7-11-19-32,33-20-12-8-13-21-33)34-22-14-9-15-23-34;/h7-15,18-23,31,37-38,40-41,50H,4-6,16-17,24-30H2,1-3H3;1H/q+1;/p-1/t37-,38-,40-,41-,43-,44-,45-,46+,47+;/m0./s1. The summed E-state index contributed by atoms with van der Waals surface area (Å²) in [6.45, 7) is 6.51. The van der Waals surface area contributed by atoms with Crippen molar-refractivity contribution in [3.63, 3.8) is 0 Å². The van der Waals surface area contributed by atoms with E-state index in [9.17, 15) is 14.7 Å². The van der Waals surface area contributed by atoms with Crippen LogP contribution in [0.25, 0.3) is 0 Å². The molecule has 10 heteroatoms. The molecule has 2 saturated carbocycles. The summed E-state index contributed by atoms with van der Waals surface area (Å²) in [5.74, 6) is -0.479. The Labute approximate surface area is 347 Å². The van der Waals surface area contributed by atoms with Crippen molar-refractivity contribution in [2.24, 2.45) is 17.3 Å². The summed E-state index contributed by atoms with van der Waals surface area (Å²) >= 11 is 0. The van der Waals surface area contributed by atoms with E-state index in [2.05, 4.69) is 112 Å². The van der Waals surface area contributed by atoms with E-state index in [0.29, 0.717) is 25.9 Å². The van der Waals surface area contributed by atoms with Crippen LogP contribution in [0, 0.1) is 17.3 Å². The third-order valence-electron chi connectivity index (χ3n) is 15.3. The molecule has 3 aliphatic carbocycles. The third kappa shape index (κ3) is 5.27. The Balaban J connectivity index is 0.00000422. The molecule has 5 fully saturated rings. The number of aliphatic hydroxyl groups is 1. The molecule has 2 spiro atoms. The number of cyclic esters (lactones) is 1. The van der Waals surface area contributed by atoms with Gasteiger partial charge in [-0.3, -0.25) is 4.79 Å². The van der Waals surface area contributed by atoms with Gasteiger partial charge in [0.25, 0.3) is 0 Å². The minimum absolute atomic E-state index is 0. The van der Waals surface area contributed by atoms with E-state index >= 15 is 0 Å². The van der Waals surface area contributed by atoms with E-state index in [1.807, 2.05) is 0 Å². The van der Waals surface area contributed by atoms with Crippen molar-refractivity contribution in [1.82, 2.24) is 0 Å². The van der Waals surface area contributed by atoms with Gasteiger partial charge in [0.1, 0.15) is 59.8 Å². The number of esters is 2. The molecule has 0 bridgehead atoms. The molecule has 0 amide bonds. The first-order valence-corrected chi connectivity index (χ1v) is 22.9. The first-order valence-electron chi connectivity index (χ1n) is 21.0. The highest BCUT2D eigenvalue weighted by Crippen LogP contribution is 2.85. The molecule has 3 aromatic rings. The minimum atomic E-state index is -1.85. The van der Waals surface area contributed by atoms with Crippen LogP contribution in [0.2, 0.25) is 0 Å². The largest absolute Gasteiger partial charge is 1.00 e. The Morgan fingerprint density at radius 2 is 1.42 bits per heavy atom. The maximum atomic E-state index is 13.4. The van der Waals surface area contributed by atoms with E-state index in [0.717, 1.165) is 55.8 Å². The van der Waals surface area contributed by atoms with Gasteiger partial charge in [-0.2, -0.15) is 0 Å². The summed E-state index contributed by atoms with van der Waals surface area (Å²) in [5.41, 5.74) is -2.79. The van der Waals surface area contributed by atoms with Crippen molar-refractivity contribution in [2.45, 2.75) is 119 Å². The van der Waals surface area contributed by atoms with Crippen molar-refractivity contribution in [1.29, 1.82) is 0 Å². The minimum Gasteiger partial charge on any atom is -1.00 e. The van der Waals surface area contributed by atoms with Crippen LogP contribution < -0.4 is 32.9 Å². The summed E-state index contributed by atoms with van der Waals surface area (Å²) in [5, 5.41) is 17.3. The van der Waals surface area contributed by atoms with Crippen molar-refractivity contribution in [2.75, 3.05) is 19.4 Å². The molecule has 3 aromatic carbocycles. The van der Waals surface area contributed by atoms with E-state index in [-0.39, 0.29) is 71.1 Å². The Morgan fingerprint density at radius 1 is 0.825 bits per heavy atom. The predicted octanol–water partition coefficient (Wildman–Crippen LogP) is 3.36. The summed E-state index contributed by atoms with van der Waals surface area (Å²) in [6.07, 6.45) is 7.52. The number of ether oxygens (including phenoxy) is 5. The van der Waals surface area contributed by atoms with E-state index < -0.39 is 29.7 Å². The SMILES string of the molecule is CC(C)[C@]12O[C@H]1[C@@H]1O[C@]13[C@]1(O[C@H]1C[C@H]1C4=C(CC[C@@]13C)C(=O)OC4)[C@]2(O)COC(=O)CCCCCCC[P+](c1ccccc1)(c1ccccc1)c1ccccc1.[Br-]. The van der Waals surface area contributed by atoms with Crippen molar-refractivity contribution in [3.8, 4) is 0 Å². The maximum absolute atomic E-state index is 13.4. The second-order valence-corrected chi connectivity index (χ2v) is 21.6. The number of carbonyl (C=O) groups is 2. The molecule has 0 radical (unpaired) electrons. The van der Waals surface area contributed by atoms with E-state index in [1.54, 1.807) is 0 Å². The molecule has 3 saturated heterocycles. The molecule has 9 atom stereocenters. The molecule has 0 unspecified atom stereocenters. The van der Waals surface area contributed by atoms with Crippen LogP contribution in [-0.2, 0) is 33.3 Å². The lowest BCUT2D eigenvalue weighted by atomic mass is 9.44. The molecule has 10 rings (SSSR count). The lowest BCUT2D eigenvalue weighted by molar-refractivity contribution is -0.197. The lowest BCUT2D eigenvalue weighted by Crippen LogP contribution is -3.00. The van der Waals surface area contributed by atoms with Gasteiger partial charge in [0.2, 0.25) is 0 Å². The van der Waals surface area contributed by atoms with Gasteiger partial charge in [0.05, 0.1) is 12.3 Å².